The van der Waals surface area contributed by atoms with Gasteiger partial charge >= 0.3 is 0 Å². The molecule has 0 unspecified atom stereocenters. The van der Waals surface area contributed by atoms with Gasteiger partial charge in [0.1, 0.15) is 11.5 Å². The molecule has 2 aromatic carbocycles. The van der Waals surface area contributed by atoms with Crippen molar-refractivity contribution in [1.29, 1.82) is 0 Å². The lowest BCUT2D eigenvalue weighted by Crippen LogP contribution is -2.23. The van der Waals surface area contributed by atoms with Crippen LogP contribution in [-0.4, -0.2) is 20.6 Å². The minimum absolute atomic E-state index is 0.0131. The van der Waals surface area contributed by atoms with Crippen LogP contribution in [0, 0.1) is 0 Å². The van der Waals surface area contributed by atoms with Crippen molar-refractivity contribution < 1.29 is 18.3 Å². The quantitative estimate of drug-likeness (QED) is 0.885. The second-order valence-corrected chi connectivity index (χ2v) is 6.42. The van der Waals surface area contributed by atoms with Gasteiger partial charge in [-0.15, -0.1) is 0 Å². The molecule has 0 saturated heterocycles. The zero-order valence-corrected chi connectivity index (χ0v) is 12.8. The Kier molecular flexibility index (Phi) is 4.72. The zero-order chi connectivity index (χ0) is 15.5. The number of rotatable bonds is 5. The van der Waals surface area contributed by atoms with E-state index < -0.39 is 10.0 Å². The van der Waals surface area contributed by atoms with Crippen LogP contribution in [0.1, 0.15) is 5.56 Å². The molecule has 0 fully saturated rings. The number of methoxy groups -OCH3 is 1. The van der Waals surface area contributed by atoms with Crippen molar-refractivity contribution >= 4 is 21.6 Å². The molecule has 0 spiro atoms. The van der Waals surface area contributed by atoms with Crippen molar-refractivity contribution in [2.24, 2.45) is 0 Å². The van der Waals surface area contributed by atoms with Crippen LogP contribution in [-0.2, 0) is 16.6 Å². The molecule has 0 heterocycles. The molecule has 0 aliphatic heterocycles. The maximum atomic E-state index is 12.2. The largest absolute Gasteiger partial charge is 0.508 e. The molecule has 5 nitrogen and oxygen atoms in total. The molecule has 0 saturated carbocycles. The summed E-state index contributed by atoms with van der Waals surface area (Å²) in [4.78, 5) is -0.0199. The fourth-order valence-electron chi connectivity index (χ4n) is 1.80. The molecular formula is C14H14ClNO4S. The predicted octanol–water partition coefficient (Wildman–Crippen LogP) is 2.53. The first-order valence-corrected chi connectivity index (χ1v) is 7.90. The van der Waals surface area contributed by atoms with Crippen LogP contribution in [0.5, 0.6) is 11.5 Å². The van der Waals surface area contributed by atoms with Crippen molar-refractivity contribution in [3.8, 4) is 11.5 Å². The van der Waals surface area contributed by atoms with Crippen LogP contribution < -0.4 is 9.46 Å². The molecule has 2 aromatic rings. The number of sulfonamides is 1. The molecular weight excluding hydrogens is 314 g/mol. The normalized spacial score (nSPS) is 11.3. The monoisotopic (exact) mass is 327 g/mol. The molecule has 0 aliphatic rings. The summed E-state index contributed by atoms with van der Waals surface area (Å²) in [7, 11) is -2.26. The molecule has 21 heavy (non-hydrogen) atoms. The Balaban J connectivity index is 2.24. The lowest BCUT2D eigenvalue weighted by molar-refractivity contribution is 0.409. The highest BCUT2D eigenvalue weighted by molar-refractivity contribution is 7.89. The van der Waals surface area contributed by atoms with Crippen LogP contribution in [0.4, 0.5) is 0 Å². The molecule has 0 radical (unpaired) electrons. The van der Waals surface area contributed by atoms with Gasteiger partial charge in [0.25, 0.3) is 0 Å². The Morgan fingerprint density at radius 3 is 2.62 bits per heavy atom. The number of ether oxygens (including phenoxy) is 1. The van der Waals surface area contributed by atoms with Crippen LogP contribution in [0.3, 0.4) is 0 Å². The molecule has 2 N–H and O–H groups in total. The molecule has 112 valence electrons. The number of halogens is 1. The maximum absolute atomic E-state index is 12.2. The zero-order valence-electron chi connectivity index (χ0n) is 11.2. The van der Waals surface area contributed by atoms with Crippen LogP contribution in [0.15, 0.2) is 47.4 Å². The van der Waals surface area contributed by atoms with E-state index in [4.69, 9.17) is 16.3 Å². The summed E-state index contributed by atoms with van der Waals surface area (Å²) in [5, 5.41) is 9.76. The highest BCUT2D eigenvalue weighted by atomic mass is 35.5. The molecule has 0 bridgehead atoms. The van der Waals surface area contributed by atoms with Crippen molar-refractivity contribution in [3.63, 3.8) is 0 Å². The van der Waals surface area contributed by atoms with Crippen molar-refractivity contribution in [3.05, 3.63) is 53.1 Å². The molecule has 7 heteroatoms. The van der Waals surface area contributed by atoms with Crippen molar-refractivity contribution in [2.45, 2.75) is 11.4 Å². The predicted molar refractivity (Wildman–Crippen MR) is 80.1 cm³/mol. The Morgan fingerprint density at radius 2 is 1.95 bits per heavy atom. The Bertz CT molecular complexity index is 746. The Labute approximate surface area is 128 Å². The van der Waals surface area contributed by atoms with E-state index in [1.807, 2.05) is 0 Å². The van der Waals surface area contributed by atoms with Gasteiger partial charge in [-0.25, -0.2) is 13.1 Å². The molecule has 0 aliphatic carbocycles. The Hall–Kier alpha value is -1.76. The summed E-state index contributed by atoms with van der Waals surface area (Å²) < 4.78 is 31.9. The number of hydrogen-bond acceptors (Lipinski definition) is 4. The van der Waals surface area contributed by atoms with E-state index in [0.29, 0.717) is 16.3 Å². The van der Waals surface area contributed by atoms with Crippen molar-refractivity contribution in [2.75, 3.05) is 7.11 Å². The van der Waals surface area contributed by atoms with Gasteiger partial charge in [0.2, 0.25) is 10.0 Å². The first-order chi connectivity index (χ1) is 9.94. The summed E-state index contributed by atoms with van der Waals surface area (Å²) in [6.07, 6.45) is 0. The number of phenols is 1. The number of aromatic hydroxyl groups is 1. The molecule has 0 amide bonds. The third-order valence-electron chi connectivity index (χ3n) is 2.86. The number of benzene rings is 2. The van der Waals surface area contributed by atoms with E-state index in [1.54, 1.807) is 18.2 Å². The van der Waals surface area contributed by atoms with Gasteiger partial charge in [-0.2, -0.15) is 0 Å². The van der Waals surface area contributed by atoms with E-state index in [1.165, 1.54) is 31.4 Å². The first kappa shape index (κ1) is 15.6. The smallest absolute Gasteiger partial charge is 0.241 e. The van der Waals surface area contributed by atoms with Crippen molar-refractivity contribution in [1.82, 2.24) is 4.72 Å². The third kappa shape index (κ3) is 3.66. The Morgan fingerprint density at radius 1 is 1.24 bits per heavy atom. The van der Waals surface area contributed by atoms with Gasteiger partial charge in [-0.1, -0.05) is 23.7 Å². The van der Waals surface area contributed by atoms with E-state index in [0.717, 1.165) is 0 Å². The average molecular weight is 328 g/mol. The minimum atomic E-state index is -3.75. The van der Waals surface area contributed by atoms with E-state index >= 15 is 0 Å². The van der Waals surface area contributed by atoms with Crippen LogP contribution in [0.2, 0.25) is 5.02 Å². The average Bonchev–Trinajstić information content (AvgIpc) is 2.45. The van der Waals surface area contributed by atoms with E-state index in [2.05, 4.69) is 4.72 Å². The highest BCUT2D eigenvalue weighted by Crippen LogP contribution is 2.26. The molecule has 0 atom stereocenters. The third-order valence-corrected chi connectivity index (χ3v) is 4.62. The van der Waals surface area contributed by atoms with Gasteiger partial charge < -0.3 is 9.84 Å². The van der Waals surface area contributed by atoms with Gasteiger partial charge in [0.15, 0.2) is 0 Å². The summed E-state index contributed by atoms with van der Waals surface area (Å²) in [5.41, 5.74) is 0.547. The van der Waals surface area contributed by atoms with Gasteiger partial charge in [-0.3, -0.25) is 0 Å². The summed E-state index contributed by atoms with van der Waals surface area (Å²) in [6.45, 7) is -0.0131. The minimum Gasteiger partial charge on any atom is -0.508 e. The second-order valence-electron chi connectivity index (χ2n) is 4.24. The lowest BCUT2D eigenvalue weighted by Gasteiger charge is -2.12. The van der Waals surface area contributed by atoms with Gasteiger partial charge in [-0.05, 0) is 30.3 Å². The van der Waals surface area contributed by atoms with Gasteiger partial charge in [0.05, 0.1) is 12.0 Å². The lowest BCUT2D eigenvalue weighted by atomic mass is 10.2. The van der Waals surface area contributed by atoms with Crippen LogP contribution in [0.25, 0.3) is 0 Å². The SMILES string of the molecule is COc1cccc(Cl)c1CNS(=O)(=O)c1cccc(O)c1. The fourth-order valence-corrected chi connectivity index (χ4v) is 3.07. The summed E-state index contributed by atoms with van der Waals surface area (Å²) >= 11 is 6.05. The van der Waals surface area contributed by atoms with E-state index in [9.17, 15) is 13.5 Å². The topological polar surface area (TPSA) is 75.6 Å². The second kappa shape index (κ2) is 6.34. The number of phenolic OH excluding ortho intramolecular Hbond substituents is 1. The highest BCUT2D eigenvalue weighted by Gasteiger charge is 2.16. The van der Waals surface area contributed by atoms with Gasteiger partial charge in [0, 0.05) is 17.1 Å². The number of nitrogens with one attached hydrogen (secondary N) is 1. The van der Waals surface area contributed by atoms with Crippen LogP contribution >= 0.6 is 11.6 Å². The standard InChI is InChI=1S/C14H14ClNO4S/c1-20-14-7-3-6-13(15)12(14)9-16-21(18,19)11-5-2-4-10(17)8-11/h2-8,16-17H,9H2,1H3. The number of hydrogen-bond donors (Lipinski definition) is 2. The summed E-state index contributed by atoms with van der Waals surface area (Å²) in [5.74, 6) is 0.384. The maximum Gasteiger partial charge on any atom is 0.241 e. The fraction of sp³-hybridized carbons (Fsp3) is 0.143. The molecule has 2 rings (SSSR count). The molecule has 0 aromatic heterocycles. The first-order valence-electron chi connectivity index (χ1n) is 6.04. The van der Waals surface area contributed by atoms with E-state index in [-0.39, 0.29) is 17.2 Å². The summed E-state index contributed by atoms with van der Waals surface area (Å²) in [6, 6.07) is 10.5.